The van der Waals surface area contributed by atoms with Crippen LogP contribution >= 0.6 is 0 Å². The van der Waals surface area contributed by atoms with E-state index in [4.69, 9.17) is 0 Å². The highest BCUT2D eigenvalue weighted by atomic mass is 16.2. The molecule has 0 aliphatic rings. The summed E-state index contributed by atoms with van der Waals surface area (Å²) in [6, 6.07) is 10.8. The van der Waals surface area contributed by atoms with E-state index in [1.807, 2.05) is 31.1 Å². The van der Waals surface area contributed by atoms with E-state index in [-0.39, 0.29) is 17.0 Å². The van der Waals surface area contributed by atoms with Crippen molar-refractivity contribution in [3.05, 3.63) is 62.8 Å². The van der Waals surface area contributed by atoms with Crippen LogP contribution in [0.1, 0.15) is 17.3 Å². The molecular weight excluding hydrogens is 330 g/mol. The first kappa shape index (κ1) is 16.5. The zero-order chi connectivity index (χ0) is 18.6. The van der Waals surface area contributed by atoms with Gasteiger partial charge >= 0.3 is 5.69 Å². The van der Waals surface area contributed by atoms with Gasteiger partial charge in [-0.05, 0) is 45.3 Å². The van der Waals surface area contributed by atoms with E-state index in [0.717, 1.165) is 10.8 Å². The lowest BCUT2D eigenvalue weighted by Gasteiger charge is -2.12. The number of likely N-dealkylation sites (N-methyl/N-ethyl adjacent to an activating group) is 1. The molecule has 0 aliphatic heterocycles. The molecule has 2 aromatic heterocycles. The highest BCUT2D eigenvalue weighted by molar-refractivity contribution is 6.15. The molecule has 132 valence electrons. The number of hydrogen-bond donors (Lipinski definition) is 0. The topological polar surface area (TPSA) is 63.8 Å². The third-order valence-corrected chi connectivity index (χ3v) is 4.86. The van der Waals surface area contributed by atoms with Crippen LogP contribution in [0.3, 0.4) is 0 Å². The van der Waals surface area contributed by atoms with E-state index in [0.29, 0.717) is 35.1 Å². The second kappa shape index (κ2) is 5.78. The van der Waals surface area contributed by atoms with Crippen molar-refractivity contribution in [1.29, 1.82) is 0 Å². The maximum Gasteiger partial charge on any atom is 0.336 e. The standard InChI is InChI=1S/C20H19N3O3/c1-12(24)13-7-8-17-16(11-13)14-5-4-6-15-18(14)23(17)20(26)22(19(15)25)10-9-21(2)3/h4-8,11H,9-10H2,1-3H3. The summed E-state index contributed by atoms with van der Waals surface area (Å²) in [7, 11) is 3.80. The fourth-order valence-electron chi connectivity index (χ4n) is 3.51. The van der Waals surface area contributed by atoms with E-state index in [1.165, 1.54) is 11.5 Å². The summed E-state index contributed by atoms with van der Waals surface area (Å²) in [5, 5.41) is 2.14. The predicted molar refractivity (Wildman–Crippen MR) is 103 cm³/mol. The van der Waals surface area contributed by atoms with Gasteiger partial charge in [-0.15, -0.1) is 0 Å². The number of fused-ring (bicyclic) bond motifs is 3. The first-order valence-corrected chi connectivity index (χ1v) is 8.49. The van der Waals surface area contributed by atoms with Crippen molar-refractivity contribution in [2.75, 3.05) is 20.6 Å². The third kappa shape index (κ3) is 2.26. The van der Waals surface area contributed by atoms with Crippen LogP contribution in [0.25, 0.3) is 27.2 Å². The molecule has 0 spiro atoms. The van der Waals surface area contributed by atoms with Gasteiger partial charge in [-0.1, -0.05) is 12.1 Å². The number of para-hydroxylation sites is 1. The summed E-state index contributed by atoms with van der Waals surface area (Å²) in [4.78, 5) is 39.7. The molecule has 0 fully saturated rings. The number of carbonyl (C=O) groups excluding carboxylic acids is 1. The van der Waals surface area contributed by atoms with Gasteiger partial charge in [0.15, 0.2) is 5.78 Å². The van der Waals surface area contributed by atoms with Crippen molar-refractivity contribution in [3.8, 4) is 0 Å². The fourth-order valence-corrected chi connectivity index (χ4v) is 3.51. The van der Waals surface area contributed by atoms with Crippen LogP contribution in [-0.4, -0.2) is 40.3 Å². The second-order valence-corrected chi connectivity index (χ2v) is 6.87. The van der Waals surface area contributed by atoms with E-state index in [9.17, 15) is 14.4 Å². The molecule has 2 heterocycles. The Hall–Kier alpha value is -2.99. The summed E-state index contributed by atoms with van der Waals surface area (Å²) in [6.07, 6.45) is 0. The number of carbonyl (C=O) groups is 1. The Morgan fingerprint density at radius 1 is 1.04 bits per heavy atom. The molecule has 0 unspecified atom stereocenters. The van der Waals surface area contributed by atoms with Gasteiger partial charge in [-0.3, -0.25) is 18.6 Å². The molecule has 0 radical (unpaired) electrons. The van der Waals surface area contributed by atoms with Crippen LogP contribution in [0.2, 0.25) is 0 Å². The SMILES string of the molecule is CC(=O)c1ccc2c(c1)c1cccc3c(=O)n(CCN(C)C)c(=O)n2c31. The number of Topliss-reactive ketones (excluding diaryl/α,β-unsaturated/α-hetero) is 1. The van der Waals surface area contributed by atoms with Crippen molar-refractivity contribution in [2.24, 2.45) is 0 Å². The van der Waals surface area contributed by atoms with Crippen molar-refractivity contribution in [3.63, 3.8) is 0 Å². The Kier molecular flexibility index (Phi) is 3.66. The smallest absolute Gasteiger partial charge is 0.308 e. The average molecular weight is 349 g/mol. The van der Waals surface area contributed by atoms with Crippen LogP contribution in [0.15, 0.2) is 46.0 Å². The van der Waals surface area contributed by atoms with Gasteiger partial charge in [0.1, 0.15) is 0 Å². The Balaban J connectivity index is 2.18. The molecule has 4 aromatic rings. The van der Waals surface area contributed by atoms with E-state index in [1.54, 1.807) is 28.7 Å². The monoisotopic (exact) mass is 349 g/mol. The van der Waals surface area contributed by atoms with Gasteiger partial charge in [0, 0.05) is 29.4 Å². The molecule has 0 atom stereocenters. The molecule has 4 rings (SSSR count). The number of hydrogen-bond acceptors (Lipinski definition) is 4. The largest absolute Gasteiger partial charge is 0.336 e. The number of nitrogens with zero attached hydrogens (tertiary/aromatic N) is 3. The van der Waals surface area contributed by atoms with Crippen LogP contribution in [0.5, 0.6) is 0 Å². The summed E-state index contributed by atoms with van der Waals surface area (Å²) in [5.41, 5.74) is 1.31. The summed E-state index contributed by atoms with van der Waals surface area (Å²) in [6.45, 7) is 2.43. The molecule has 6 heteroatoms. The minimum Gasteiger partial charge on any atom is -0.308 e. The number of aromatic nitrogens is 2. The predicted octanol–water partition coefficient (Wildman–Crippen LogP) is 1.97. The molecule has 0 saturated heterocycles. The molecule has 2 aromatic carbocycles. The molecule has 0 saturated carbocycles. The van der Waals surface area contributed by atoms with Crippen LogP contribution in [0, 0.1) is 0 Å². The van der Waals surface area contributed by atoms with Crippen molar-refractivity contribution < 1.29 is 4.79 Å². The number of benzene rings is 2. The quantitative estimate of drug-likeness (QED) is 0.529. The first-order chi connectivity index (χ1) is 12.4. The van der Waals surface area contributed by atoms with Gasteiger partial charge in [0.05, 0.1) is 16.4 Å². The summed E-state index contributed by atoms with van der Waals surface area (Å²) in [5.74, 6) is -0.0335. The molecule has 6 nitrogen and oxygen atoms in total. The summed E-state index contributed by atoms with van der Waals surface area (Å²) < 4.78 is 2.89. The zero-order valence-corrected chi connectivity index (χ0v) is 14.9. The van der Waals surface area contributed by atoms with Gasteiger partial charge in [-0.25, -0.2) is 4.79 Å². The lowest BCUT2D eigenvalue weighted by Crippen LogP contribution is -2.39. The molecule has 0 aliphatic carbocycles. The number of ketones is 1. The van der Waals surface area contributed by atoms with E-state index >= 15 is 0 Å². The Bertz CT molecular complexity index is 1280. The minimum atomic E-state index is -0.342. The van der Waals surface area contributed by atoms with Crippen molar-refractivity contribution in [2.45, 2.75) is 13.5 Å². The molecule has 26 heavy (non-hydrogen) atoms. The Morgan fingerprint density at radius 2 is 1.77 bits per heavy atom. The zero-order valence-electron chi connectivity index (χ0n) is 14.9. The molecular formula is C20H19N3O3. The highest BCUT2D eigenvalue weighted by Gasteiger charge is 2.19. The van der Waals surface area contributed by atoms with Gasteiger partial charge in [0.25, 0.3) is 5.56 Å². The first-order valence-electron chi connectivity index (χ1n) is 8.49. The normalized spacial score (nSPS) is 12.0. The molecule has 0 N–H and O–H groups in total. The maximum absolute atomic E-state index is 13.1. The second-order valence-electron chi connectivity index (χ2n) is 6.87. The van der Waals surface area contributed by atoms with Gasteiger partial charge in [0.2, 0.25) is 0 Å². The average Bonchev–Trinajstić information content (AvgIpc) is 2.94. The van der Waals surface area contributed by atoms with Gasteiger partial charge < -0.3 is 4.90 Å². The van der Waals surface area contributed by atoms with Crippen molar-refractivity contribution in [1.82, 2.24) is 13.9 Å². The van der Waals surface area contributed by atoms with Crippen LogP contribution in [0.4, 0.5) is 0 Å². The Labute approximate surface area is 149 Å². The van der Waals surface area contributed by atoms with Crippen molar-refractivity contribution >= 4 is 33.0 Å². The molecule has 0 amide bonds. The third-order valence-electron chi connectivity index (χ3n) is 4.86. The lowest BCUT2D eigenvalue weighted by atomic mass is 10.1. The van der Waals surface area contributed by atoms with Crippen LogP contribution in [-0.2, 0) is 6.54 Å². The highest BCUT2D eigenvalue weighted by Crippen LogP contribution is 2.30. The lowest BCUT2D eigenvalue weighted by molar-refractivity contribution is 0.101. The summed E-state index contributed by atoms with van der Waals surface area (Å²) >= 11 is 0. The van der Waals surface area contributed by atoms with Gasteiger partial charge in [-0.2, -0.15) is 0 Å². The van der Waals surface area contributed by atoms with E-state index in [2.05, 4.69) is 0 Å². The molecule has 0 bridgehead atoms. The fraction of sp³-hybridized carbons (Fsp3) is 0.250. The Morgan fingerprint density at radius 3 is 2.46 bits per heavy atom. The minimum absolute atomic E-state index is 0.0335. The van der Waals surface area contributed by atoms with Crippen LogP contribution < -0.4 is 11.2 Å². The maximum atomic E-state index is 13.1. The van der Waals surface area contributed by atoms with E-state index < -0.39 is 0 Å². The number of rotatable bonds is 4.